The molecule has 0 unspecified atom stereocenters. The summed E-state index contributed by atoms with van der Waals surface area (Å²) in [6.07, 6.45) is 6.52. The van der Waals surface area contributed by atoms with Gasteiger partial charge in [-0.25, -0.2) is 0 Å². The summed E-state index contributed by atoms with van der Waals surface area (Å²) in [6, 6.07) is 0. The average Bonchev–Trinajstić information content (AvgIpc) is 2.31. The second-order valence-corrected chi connectivity index (χ2v) is 3.71. The highest BCUT2D eigenvalue weighted by Crippen LogP contribution is 2.48. The van der Waals surface area contributed by atoms with Gasteiger partial charge in [-0.05, 0) is 18.9 Å². The average molecular weight is 151 g/mol. The molecule has 0 aromatic carbocycles. The van der Waals surface area contributed by atoms with Crippen molar-refractivity contribution in [2.75, 3.05) is 0 Å². The lowest BCUT2D eigenvalue weighted by Gasteiger charge is -2.38. The minimum atomic E-state index is 0.281. The summed E-state index contributed by atoms with van der Waals surface area (Å²) in [4.78, 5) is 0. The Morgan fingerprint density at radius 2 is 2.27 bits per heavy atom. The van der Waals surface area contributed by atoms with E-state index in [4.69, 9.17) is 10.1 Å². The van der Waals surface area contributed by atoms with Crippen molar-refractivity contribution in [2.24, 2.45) is 5.41 Å². The van der Waals surface area contributed by atoms with Crippen molar-refractivity contribution in [3.05, 3.63) is 11.8 Å². The largest absolute Gasteiger partial charge is 0.447 e. The molecule has 1 heterocycles. The third-order valence-electron chi connectivity index (χ3n) is 2.76. The summed E-state index contributed by atoms with van der Waals surface area (Å²) < 4.78 is 5.31. The highest BCUT2D eigenvalue weighted by Gasteiger charge is 2.39. The van der Waals surface area contributed by atoms with E-state index in [0.29, 0.717) is 12.3 Å². The van der Waals surface area contributed by atoms with E-state index in [2.05, 4.69) is 13.0 Å². The molecule has 0 aromatic heterocycles. The van der Waals surface area contributed by atoms with E-state index in [-0.39, 0.29) is 5.41 Å². The van der Waals surface area contributed by atoms with E-state index >= 15 is 0 Å². The molecule has 1 aliphatic carbocycles. The number of hydrogen-bond acceptors (Lipinski definition) is 2. The van der Waals surface area contributed by atoms with Gasteiger partial charge in [0.1, 0.15) is 5.76 Å². The fourth-order valence-electron chi connectivity index (χ4n) is 1.72. The molecule has 1 saturated carbocycles. The van der Waals surface area contributed by atoms with Crippen LogP contribution in [-0.2, 0) is 4.74 Å². The van der Waals surface area contributed by atoms with Crippen molar-refractivity contribution >= 4 is 5.90 Å². The van der Waals surface area contributed by atoms with Crippen LogP contribution < -0.4 is 0 Å². The quantitative estimate of drug-likeness (QED) is 0.613. The normalized spacial score (nSPS) is 27.4. The van der Waals surface area contributed by atoms with Crippen molar-refractivity contribution in [1.82, 2.24) is 0 Å². The van der Waals surface area contributed by atoms with Crippen molar-refractivity contribution in [3.63, 3.8) is 0 Å². The van der Waals surface area contributed by atoms with Crippen LogP contribution in [0.2, 0.25) is 0 Å². The Labute approximate surface area is 66.8 Å². The van der Waals surface area contributed by atoms with Gasteiger partial charge in [0.2, 0.25) is 0 Å². The van der Waals surface area contributed by atoms with Crippen LogP contribution in [0.5, 0.6) is 0 Å². The molecule has 1 aliphatic heterocycles. The topological polar surface area (TPSA) is 33.1 Å². The molecule has 1 N–H and O–H groups in total. The van der Waals surface area contributed by atoms with Crippen molar-refractivity contribution < 1.29 is 4.74 Å². The lowest BCUT2D eigenvalue weighted by atomic mass is 9.69. The first-order chi connectivity index (χ1) is 5.21. The lowest BCUT2D eigenvalue weighted by Crippen LogP contribution is -2.28. The van der Waals surface area contributed by atoms with Gasteiger partial charge in [-0.2, -0.15) is 0 Å². The van der Waals surface area contributed by atoms with Crippen LogP contribution in [0.4, 0.5) is 0 Å². The Kier molecular flexibility index (Phi) is 1.31. The predicted octanol–water partition coefficient (Wildman–Crippen LogP) is 2.46. The van der Waals surface area contributed by atoms with E-state index in [0.717, 1.165) is 5.76 Å². The Balaban J connectivity index is 2.11. The van der Waals surface area contributed by atoms with Crippen molar-refractivity contribution in [2.45, 2.75) is 32.6 Å². The molecule has 0 spiro atoms. The van der Waals surface area contributed by atoms with E-state index in [1.165, 1.54) is 19.3 Å². The van der Waals surface area contributed by atoms with Crippen molar-refractivity contribution in [1.29, 1.82) is 5.41 Å². The molecular weight excluding hydrogens is 138 g/mol. The second kappa shape index (κ2) is 2.10. The first-order valence-electron chi connectivity index (χ1n) is 4.17. The van der Waals surface area contributed by atoms with Gasteiger partial charge in [-0.1, -0.05) is 13.3 Å². The number of hydrogen-bond donors (Lipinski definition) is 1. The maximum atomic E-state index is 7.28. The van der Waals surface area contributed by atoms with Crippen LogP contribution in [0.3, 0.4) is 0 Å². The molecule has 2 nitrogen and oxygen atoms in total. The molecule has 2 rings (SSSR count). The molecule has 2 aliphatic rings. The van der Waals surface area contributed by atoms with Crippen LogP contribution in [0, 0.1) is 10.8 Å². The molecule has 0 bridgehead atoms. The van der Waals surface area contributed by atoms with Gasteiger partial charge < -0.3 is 4.74 Å². The van der Waals surface area contributed by atoms with Crippen LogP contribution >= 0.6 is 0 Å². The number of ether oxygens (including phenoxy) is 1. The lowest BCUT2D eigenvalue weighted by molar-refractivity contribution is 0.144. The Hall–Kier alpha value is -0.790. The predicted molar refractivity (Wildman–Crippen MR) is 43.5 cm³/mol. The fourth-order valence-corrected chi connectivity index (χ4v) is 1.72. The zero-order chi connectivity index (χ0) is 7.90. The van der Waals surface area contributed by atoms with Gasteiger partial charge in [0, 0.05) is 11.8 Å². The maximum absolute atomic E-state index is 7.28. The fraction of sp³-hybridized carbons (Fsp3) is 0.667. The number of allylic oxidation sites excluding steroid dienone is 1. The third-order valence-corrected chi connectivity index (χ3v) is 2.76. The van der Waals surface area contributed by atoms with Crippen LogP contribution in [0.25, 0.3) is 0 Å². The van der Waals surface area contributed by atoms with Gasteiger partial charge >= 0.3 is 0 Å². The van der Waals surface area contributed by atoms with E-state index in [9.17, 15) is 0 Å². The summed E-state index contributed by atoms with van der Waals surface area (Å²) in [6.45, 7) is 2.22. The smallest absolute Gasteiger partial charge is 0.190 e. The first-order valence-corrected chi connectivity index (χ1v) is 4.17. The highest BCUT2D eigenvalue weighted by molar-refractivity contribution is 5.78. The SMILES string of the molecule is CC1(C2=CCC(=N)O2)CCC1. The minimum absolute atomic E-state index is 0.281. The van der Waals surface area contributed by atoms with E-state index in [1.54, 1.807) is 0 Å². The van der Waals surface area contributed by atoms with Gasteiger partial charge in [0.25, 0.3) is 0 Å². The maximum Gasteiger partial charge on any atom is 0.190 e. The third kappa shape index (κ3) is 0.971. The van der Waals surface area contributed by atoms with Gasteiger partial charge in [0.15, 0.2) is 5.90 Å². The highest BCUT2D eigenvalue weighted by atomic mass is 16.5. The minimum Gasteiger partial charge on any atom is -0.447 e. The van der Waals surface area contributed by atoms with E-state index in [1.807, 2.05) is 0 Å². The summed E-state index contributed by atoms with van der Waals surface area (Å²) in [5.41, 5.74) is 0.281. The monoisotopic (exact) mass is 151 g/mol. The van der Waals surface area contributed by atoms with Crippen LogP contribution in [0.15, 0.2) is 11.8 Å². The van der Waals surface area contributed by atoms with Crippen molar-refractivity contribution in [3.8, 4) is 0 Å². The summed E-state index contributed by atoms with van der Waals surface area (Å²) in [7, 11) is 0. The first kappa shape index (κ1) is 6.89. The molecule has 2 heteroatoms. The molecule has 60 valence electrons. The standard InChI is InChI=1S/C9H13NO/c1-9(5-2-6-9)7-3-4-8(10)11-7/h3,10H,2,4-6H2,1H3. The Morgan fingerprint density at radius 1 is 1.55 bits per heavy atom. The van der Waals surface area contributed by atoms with Gasteiger partial charge in [-0.15, -0.1) is 0 Å². The summed E-state index contributed by atoms with van der Waals surface area (Å²) in [5, 5.41) is 7.28. The van der Waals surface area contributed by atoms with Gasteiger partial charge in [0.05, 0.1) is 0 Å². The molecule has 0 radical (unpaired) electrons. The Bertz CT molecular complexity index is 226. The molecular formula is C9H13NO. The molecule has 0 aromatic rings. The zero-order valence-electron chi connectivity index (χ0n) is 6.81. The van der Waals surface area contributed by atoms with Crippen LogP contribution in [0.1, 0.15) is 32.6 Å². The molecule has 0 amide bonds. The van der Waals surface area contributed by atoms with E-state index < -0.39 is 0 Å². The zero-order valence-corrected chi connectivity index (χ0v) is 6.81. The molecule has 0 saturated heterocycles. The van der Waals surface area contributed by atoms with Crippen LogP contribution in [-0.4, -0.2) is 5.90 Å². The number of rotatable bonds is 1. The molecule has 11 heavy (non-hydrogen) atoms. The van der Waals surface area contributed by atoms with Gasteiger partial charge in [-0.3, -0.25) is 5.41 Å². The molecule has 0 atom stereocenters. The number of nitrogens with one attached hydrogen (secondary N) is 1. The summed E-state index contributed by atoms with van der Waals surface area (Å²) in [5.74, 6) is 1.46. The Morgan fingerprint density at radius 3 is 2.64 bits per heavy atom. The second-order valence-electron chi connectivity index (χ2n) is 3.71. The summed E-state index contributed by atoms with van der Waals surface area (Å²) >= 11 is 0. The molecule has 1 fully saturated rings.